The Hall–Kier alpha value is -0.960. The molecule has 1 saturated heterocycles. The zero-order chi connectivity index (χ0) is 13.4. The van der Waals surface area contributed by atoms with Crippen molar-refractivity contribution in [2.45, 2.75) is 40.0 Å². The van der Waals surface area contributed by atoms with Gasteiger partial charge in [-0.2, -0.15) is 0 Å². The number of piperidine rings is 1. The van der Waals surface area contributed by atoms with Crippen molar-refractivity contribution in [3.8, 4) is 0 Å². The van der Waals surface area contributed by atoms with E-state index in [-0.39, 0.29) is 0 Å². The van der Waals surface area contributed by atoms with Gasteiger partial charge in [-0.3, -0.25) is 4.90 Å². The highest BCUT2D eigenvalue weighted by Crippen LogP contribution is 2.16. The maximum atomic E-state index is 5.81. The van der Waals surface area contributed by atoms with E-state index in [1.165, 1.54) is 32.4 Å². The normalized spacial score (nSPS) is 19.4. The fourth-order valence-corrected chi connectivity index (χ4v) is 2.28. The molecule has 0 aromatic carbocycles. The maximum Gasteiger partial charge on any atom is 0.120 e. The minimum absolute atomic E-state index is 0.768. The summed E-state index contributed by atoms with van der Waals surface area (Å²) in [4.78, 5) is 2.49. The van der Waals surface area contributed by atoms with Gasteiger partial charge in [0.25, 0.3) is 0 Å². The number of allylic oxidation sites excluding steroid dienone is 3. The lowest BCUT2D eigenvalue weighted by molar-refractivity contribution is 0.141. The number of methoxy groups -OCH3 is 1. The zero-order valence-electron chi connectivity index (χ0n) is 12.3. The van der Waals surface area contributed by atoms with Crippen molar-refractivity contribution in [1.29, 1.82) is 0 Å². The van der Waals surface area contributed by atoms with E-state index in [1.54, 1.807) is 7.11 Å². The van der Waals surface area contributed by atoms with Crippen LogP contribution in [0.15, 0.2) is 23.2 Å². The third-order valence-electron chi connectivity index (χ3n) is 3.55. The first kappa shape index (κ1) is 15.1. The van der Waals surface area contributed by atoms with Gasteiger partial charge in [-0.1, -0.05) is 6.42 Å². The van der Waals surface area contributed by atoms with Crippen LogP contribution in [0.5, 0.6) is 0 Å². The predicted molar refractivity (Wildman–Crippen MR) is 75.4 cm³/mol. The molecule has 3 heteroatoms. The number of rotatable bonds is 6. The van der Waals surface area contributed by atoms with Crippen LogP contribution < -0.4 is 0 Å². The molecule has 0 unspecified atom stereocenters. The molecule has 1 aliphatic rings. The molecule has 0 spiro atoms. The van der Waals surface area contributed by atoms with E-state index in [4.69, 9.17) is 9.47 Å². The van der Waals surface area contributed by atoms with Gasteiger partial charge in [0.15, 0.2) is 0 Å². The van der Waals surface area contributed by atoms with E-state index < -0.39 is 0 Å². The van der Waals surface area contributed by atoms with Crippen molar-refractivity contribution in [3.63, 3.8) is 0 Å². The molecule has 0 aliphatic carbocycles. The maximum absolute atomic E-state index is 5.81. The highest BCUT2D eigenvalue weighted by Gasteiger charge is 2.10. The molecule has 0 saturated carbocycles. The fourth-order valence-electron chi connectivity index (χ4n) is 2.28. The van der Waals surface area contributed by atoms with Crippen LogP contribution in [0.1, 0.15) is 40.0 Å². The smallest absolute Gasteiger partial charge is 0.120 e. The third kappa shape index (κ3) is 4.73. The van der Waals surface area contributed by atoms with Crippen LogP contribution in [0.4, 0.5) is 0 Å². The van der Waals surface area contributed by atoms with Gasteiger partial charge in [0.05, 0.1) is 12.9 Å². The minimum atomic E-state index is 0.768. The molecule has 1 heterocycles. The Kier molecular flexibility index (Phi) is 6.88. The molecule has 18 heavy (non-hydrogen) atoms. The molecule has 0 amide bonds. The second kappa shape index (κ2) is 8.20. The first-order chi connectivity index (χ1) is 8.69. The van der Waals surface area contributed by atoms with Crippen LogP contribution in [0.25, 0.3) is 0 Å². The van der Waals surface area contributed by atoms with E-state index in [1.807, 2.05) is 26.8 Å². The highest BCUT2D eigenvalue weighted by atomic mass is 16.5. The van der Waals surface area contributed by atoms with E-state index in [0.717, 1.165) is 30.2 Å². The molecule has 0 aromatic heterocycles. The SMILES string of the molecule is C/C=C(OC)\C(C)=C(/C)OCCN1CCCCC1. The highest BCUT2D eigenvalue weighted by molar-refractivity contribution is 5.25. The summed E-state index contributed by atoms with van der Waals surface area (Å²) in [5.41, 5.74) is 1.08. The van der Waals surface area contributed by atoms with Gasteiger partial charge in [-0.05, 0) is 52.8 Å². The summed E-state index contributed by atoms with van der Waals surface area (Å²) in [5.74, 6) is 1.85. The summed E-state index contributed by atoms with van der Waals surface area (Å²) in [6, 6.07) is 0. The van der Waals surface area contributed by atoms with Crippen LogP contribution in [-0.2, 0) is 9.47 Å². The molecule has 0 radical (unpaired) electrons. The van der Waals surface area contributed by atoms with E-state index in [2.05, 4.69) is 4.90 Å². The lowest BCUT2D eigenvalue weighted by Crippen LogP contribution is -2.32. The van der Waals surface area contributed by atoms with Crippen molar-refractivity contribution < 1.29 is 9.47 Å². The van der Waals surface area contributed by atoms with Crippen LogP contribution in [-0.4, -0.2) is 38.3 Å². The Labute approximate surface area is 111 Å². The Bertz CT molecular complexity index is 302. The number of hydrogen-bond acceptors (Lipinski definition) is 3. The molecular weight excluding hydrogens is 226 g/mol. The van der Waals surface area contributed by atoms with Crippen LogP contribution >= 0.6 is 0 Å². The Morgan fingerprint density at radius 2 is 1.83 bits per heavy atom. The Balaban J connectivity index is 2.35. The monoisotopic (exact) mass is 253 g/mol. The average Bonchev–Trinajstić information content (AvgIpc) is 2.41. The van der Waals surface area contributed by atoms with Crippen molar-refractivity contribution in [1.82, 2.24) is 4.90 Å². The van der Waals surface area contributed by atoms with Gasteiger partial charge in [0.1, 0.15) is 12.4 Å². The first-order valence-electron chi connectivity index (χ1n) is 6.92. The van der Waals surface area contributed by atoms with Crippen molar-refractivity contribution in [3.05, 3.63) is 23.2 Å². The standard InChI is InChI=1S/C15H27NO2/c1-5-15(17-4)13(2)14(3)18-12-11-16-9-7-6-8-10-16/h5H,6-12H2,1-4H3/b14-13+,15-5+. The van der Waals surface area contributed by atoms with Crippen molar-refractivity contribution in [2.24, 2.45) is 0 Å². The quantitative estimate of drug-likeness (QED) is 0.535. The summed E-state index contributed by atoms with van der Waals surface area (Å²) in [7, 11) is 1.69. The summed E-state index contributed by atoms with van der Waals surface area (Å²) in [6.07, 6.45) is 6.02. The molecule has 104 valence electrons. The van der Waals surface area contributed by atoms with Gasteiger partial charge >= 0.3 is 0 Å². The molecule has 1 fully saturated rings. The summed E-state index contributed by atoms with van der Waals surface area (Å²) in [6.45, 7) is 10.3. The summed E-state index contributed by atoms with van der Waals surface area (Å²) < 4.78 is 11.1. The number of likely N-dealkylation sites (tertiary alicyclic amines) is 1. The van der Waals surface area contributed by atoms with Crippen molar-refractivity contribution >= 4 is 0 Å². The molecule has 3 nitrogen and oxygen atoms in total. The Morgan fingerprint density at radius 1 is 1.17 bits per heavy atom. The molecule has 0 atom stereocenters. The number of ether oxygens (including phenoxy) is 2. The molecule has 0 aromatic rings. The van der Waals surface area contributed by atoms with E-state index in [9.17, 15) is 0 Å². The second-order valence-corrected chi connectivity index (χ2v) is 4.79. The number of hydrogen-bond donors (Lipinski definition) is 0. The van der Waals surface area contributed by atoms with Crippen LogP contribution in [0.2, 0.25) is 0 Å². The molecule has 1 aliphatic heterocycles. The van der Waals surface area contributed by atoms with Gasteiger partial charge in [-0.25, -0.2) is 0 Å². The first-order valence-corrected chi connectivity index (χ1v) is 6.92. The topological polar surface area (TPSA) is 21.7 Å². The predicted octanol–water partition coefficient (Wildman–Crippen LogP) is 3.33. The van der Waals surface area contributed by atoms with Gasteiger partial charge < -0.3 is 9.47 Å². The number of nitrogens with zero attached hydrogens (tertiary/aromatic N) is 1. The molecular formula is C15H27NO2. The Morgan fingerprint density at radius 3 is 2.39 bits per heavy atom. The van der Waals surface area contributed by atoms with Crippen LogP contribution in [0, 0.1) is 0 Å². The van der Waals surface area contributed by atoms with E-state index in [0.29, 0.717) is 0 Å². The zero-order valence-corrected chi connectivity index (χ0v) is 12.3. The summed E-state index contributed by atoms with van der Waals surface area (Å²) >= 11 is 0. The molecule has 1 rings (SSSR count). The average molecular weight is 253 g/mol. The van der Waals surface area contributed by atoms with Gasteiger partial charge in [0.2, 0.25) is 0 Å². The van der Waals surface area contributed by atoms with Crippen LogP contribution in [0.3, 0.4) is 0 Å². The van der Waals surface area contributed by atoms with Gasteiger partial charge in [0, 0.05) is 12.1 Å². The fraction of sp³-hybridized carbons (Fsp3) is 0.733. The summed E-state index contributed by atoms with van der Waals surface area (Å²) in [5, 5.41) is 0. The molecule has 0 N–H and O–H groups in total. The van der Waals surface area contributed by atoms with Gasteiger partial charge in [-0.15, -0.1) is 0 Å². The third-order valence-corrected chi connectivity index (χ3v) is 3.55. The minimum Gasteiger partial charge on any atom is -0.497 e. The molecule has 0 bridgehead atoms. The van der Waals surface area contributed by atoms with Crippen molar-refractivity contribution in [2.75, 3.05) is 33.4 Å². The van der Waals surface area contributed by atoms with E-state index >= 15 is 0 Å². The largest absolute Gasteiger partial charge is 0.497 e. The second-order valence-electron chi connectivity index (χ2n) is 4.79. The lowest BCUT2D eigenvalue weighted by Gasteiger charge is -2.26. The lowest BCUT2D eigenvalue weighted by atomic mass is 10.1.